The summed E-state index contributed by atoms with van der Waals surface area (Å²) >= 11 is 1.84. The third kappa shape index (κ3) is 4.71. The summed E-state index contributed by atoms with van der Waals surface area (Å²) in [6.45, 7) is 2.87. The third-order valence-corrected chi connectivity index (χ3v) is 5.99. The van der Waals surface area contributed by atoms with Crippen molar-refractivity contribution in [2.24, 2.45) is 5.73 Å². The molecule has 0 radical (unpaired) electrons. The molecule has 0 spiro atoms. The van der Waals surface area contributed by atoms with E-state index >= 15 is 0 Å². The molecule has 5 nitrogen and oxygen atoms in total. The largest absolute Gasteiger partial charge is 0.380 e. The van der Waals surface area contributed by atoms with Gasteiger partial charge >= 0.3 is 0 Å². The molecule has 0 saturated heterocycles. The van der Waals surface area contributed by atoms with Crippen molar-refractivity contribution in [3.8, 4) is 0 Å². The molecule has 3 rings (SSSR count). The first-order valence-electron chi connectivity index (χ1n) is 9.05. The van der Waals surface area contributed by atoms with Crippen LogP contribution in [0.4, 0.5) is 0 Å². The molecular weight excluding hydrogens is 346 g/mol. The van der Waals surface area contributed by atoms with Crippen LogP contribution in [0.2, 0.25) is 0 Å². The van der Waals surface area contributed by atoms with Crippen LogP contribution in [-0.4, -0.2) is 43.7 Å². The fourth-order valence-corrected chi connectivity index (χ4v) is 4.31. The number of nitrogens with two attached hydrogens (primary N) is 1. The van der Waals surface area contributed by atoms with Crippen molar-refractivity contribution < 1.29 is 9.53 Å². The zero-order valence-corrected chi connectivity index (χ0v) is 16.0. The van der Waals surface area contributed by atoms with Crippen LogP contribution >= 0.6 is 11.3 Å². The minimum Gasteiger partial charge on any atom is -0.380 e. The molecule has 1 aliphatic heterocycles. The predicted octanol–water partition coefficient (Wildman–Crippen LogP) is 2.33. The van der Waals surface area contributed by atoms with Crippen LogP contribution in [0.15, 0.2) is 41.8 Å². The predicted molar refractivity (Wildman–Crippen MR) is 105 cm³/mol. The lowest BCUT2D eigenvalue weighted by Gasteiger charge is -2.35. The lowest BCUT2D eigenvalue weighted by Crippen LogP contribution is -2.41. The van der Waals surface area contributed by atoms with Gasteiger partial charge in [0.25, 0.3) is 0 Å². The fourth-order valence-electron chi connectivity index (χ4n) is 3.42. The Morgan fingerprint density at radius 3 is 2.88 bits per heavy atom. The van der Waals surface area contributed by atoms with Crippen LogP contribution < -0.4 is 11.1 Å². The molecule has 6 heteroatoms. The van der Waals surface area contributed by atoms with Gasteiger partial charge in [0.15, 0.2) is 0 Å². The Labute approximate surface area is 159 Å². The van der Waals surface area contributed by atoms with Gasteiger partial charge in [-0.05, 0) is 29.0 Å². The van der Waals surface area contributed by atoms with Crippen molar-refractivity contribution in [1.29, 1.82) is 0 Å². The Balaban J connectivity index is 1.68. The molecule has 0 fully saturated rings. The number of amides is 1. The number of carbonyl (C=O) groups is 1. The Morgan fingerprint density at radius 1 is 1.35 bits per heavy atom. The van der Waals surface area contributed by atoms with Crippen molar-refractivity contribution in [2.75, 3.05) is 26.7 Å². The summed E-state index contributed by atoms with van der Waals surface area (Å²) in [5, 5.41) is 5.25. The van der Waals surface area contributed by atoms with E-state index in [0.717, 1.165) is 19.5 Å². The second kappa shape index (κ2) is 9.28. The Morgan fingerprint density at radius 2 is 2.15 bits per heavy atom. The molecule has 2 heterocycles. The van der Waals surface area contributed by atoms with Crippen LogP contribution in [0.25, 0.3) is 0 Å². The molecule has 1 aromatic heterocycles. The molecular formula is C20H27N3O2S. The highest BCUT2D eigenvalue weighted by Gasteiger charge is 2.26. The van der Waals surface area contributed by atoms with E-state index in [0.29, 0.717) is 19.5 Å². The van der Waals surface area contributed by atoms with Crippen LogP contribution in [-0.2, 0) is 22.5 Å². The first-order valence-corrected chi connectivity index (χ1v) is 9.93. The van der Waals surface area contributed by atoms with E-state index in [1.54, 1.807) is 7.11 Å². The van der Waals surface area contributed by atoms with Gasteiger partial charge in [0.05, 0.1) is 18.6 Å². The summed E-state index contributed by atoms with van der Waals surface area (Å²) < 4.78 is 5.21. The summed E-state index contributed by atoms with van der Waals surface area (Å²) in [6, 6.07) is 12.8. The zero-order chi connectivity index (χ0) is 18.4. The molecule has 1 aromatic carbocycles. The van der Waals surface area contributed by atoms with Crippen molar-refractivity contribution in [3.05, 3.63) is 57.8 Å². The van der Waals surface area contributed by atoms with Crippen LogP contribution in [0.1, 0.15) is 28.5 Å². The van der Waals surface area contributed by atoms with Crippen molar-refractivity contribution in [3.63, 3.8) is 0 Å². The summed E-state index contributed by atoms with van der Waals surface area (Å²) in [6.07, 6.45) is 1.14. The summed E-state index contributed by atoms with van der Waals surface area (Å²) in [7, 11) is 1.59. The number of rotatable bonds is 8. The van der Waals surface area contributed by atoms with Crippen LogP contribution in [0.3, 0.4) is 0 Å². The normalized spacial score (nSPS) is 16.7. The molecule has 0 aliphatic carbocycles. The third-order valence-electron chi connectivity index (χ3n) is 4.96. The fraction of sp³-hybridized carbons (Fsp3) is 0.450. The second-order valence-electron chi connectivity index (χ2n) is 6.62. The number of nitrogens with zero attached hydrogens (tertiary/aromatic N) is 1. The second-order valence-corrected chi connectivity index (χ2v) is 7.62. The Hall–Kier alpha value is -1.73. The molecule has 2 unspecified atom stereocenters. The summed E-state index contributed by atoms with van der Waals surface area (Å²) in [5.74, 6) is -0.0172. The first kappa shape index (κ1) is 19.0. The van der Waals surface area contributed by atoms with Gasteiger partial charge in [-0.15, -0.1) is 11.3 Å². The average Bonchev–Trinajstić information content (AvgIpc) is 3.15. The number of nitrogens with one attached hydrogen (secondary N) is 1. The SMILES string of the molecule is COC(CN)CC(=O)NCC(c1ccccc1)N1CCc2sccc2C1. The topological polar surface area (TPSA) is 67.6 Å². The van der Waals surface area contributed by atoms with Gasteiger partial charge in [-0.25, -0.2) is 0 Å². The van der Waals surface area contributed by atoms with E-state index in [1.807, 2.05) is 17.4 Å². The maximum absolute atomic E-state index is 12.3. The van der Waals surface area contributed by atoms with E-state index in [-0.39, 0.29) is 18.1 Å². The summed E-state index contributed by atoms with van der Waals surface area (Å²) in [4.78, 5) is 16.2. The van der Waals surface area contributed by atoms with Gasteiger partial charge in [0, 0.05) is 38.2 Å². The maximum atomic E-state index is 12.3. The highest BCUT2D eigenvalue weighted by atomic mass is 32.1. The quantitative estimate of drug-likeness (QED) is 0.745. The van der Waals surface area contributed by atoms with Crippen molar-refractivity contribution >= 4 is 17.2 Å². The molecule has 26 heavy (non-hydrogen) atoms. The lowest BCUT2D eigenvalue weighted by atomic mass is 10.0. The number of fused-ring (bicyclic) bond motifs is 1. The Kier molecular flexibility index (Phi) is 6.80. The van der Waals surface area contributed by atoms with E-state index in [2.05, 4.69) is 45.9 Å². The zero-order valence-electron chi connectivity index (χ0n) is 15.2. The van der Waals surface area contributed by atoms with E-state index in [1.165, 1.54) is 16.0 Å². The highest BCUT2D eigenvalue weighted by molar-refractivity contribution is 7.10. The number of ether oxygens (including phenoxy) is 1. The minimum absolute atomic E-state index is 0.0172. The molecule has 1 amide bonds. The van der Waals surface area contributed by atoms with Crippen molar-refractivity contribution in [2.45, 2.75) is 31.5 Å². The van der Waals surface area contributed by atoms with Gasteiger partial charge in [-0.2, -0.15) is 0 Å². The molecule has 140 valence electrons. The molecule has 0 saturated carbocycles. The minimum atomic E-state index is -0.228. The standard InChI is InChI=1S/C20H27N3O2S/c1-25-17(12-21)11-20(24)22-13-18(15-5-3-2-4-6-15)23-9-7-19-16(14-23)8-10-26-19/h2-6,8,10,17-18H,7,9,11-14,21H2,1H3,(H,22,24). The average molecular weight is 374 g/mol. The molecule has 0 bridgehead atoms. The molecule has 2 atom stereocenters. The maximum Gasteiger partial charge on any atom is 0.222 e. The van der Waals surface area contributed by atoms with E-state index in [4.69, 9.17) is 10.5 Å². The van der Waals surface area contributed by atoms with Crippen LogP contribution in [0, 0.1) is 0 Å². The molecule has 2 aromatic rings. The Bertz CT molecular complexity index is 700. The molecule has 1 aliphatic rings. The smallest absolute Gasteiger partial charge is 0.222 e. The van der Waals surface area contributed by atoms with Gasteiger partial charge < -0.3 is 15.8 Å². The molecule has 3 N–H and O–H groups in total. The number of benzene rings is 1. The number of methoxy groups -OCH3 is 1. The van der Waals surface area contributed by atoms with Gasteiger partial charge in [-0.3, -0.25) is 9.69 Å². The number of carbonyl (C=O) groups excluding carboxylic acids is 1. The number of hydrogen-bond donors (Lipinski definition) is 2. The van der Waals surface area contributed by atoms with Crippen molar-refractivity contribution in [1.82, 2.24) is 10.2 Å². The van der Waals surface area contributed by atoms with Gasteiger partial charge in [0.1, 0.15) is 0 Å². The van der Waals surface area contributed by atoms with E-state index < -0.39 is 0 Å². The van der Waals surface area contributed by atoms with E-state index in [9.17, 15) is 4.79 Å². The summed E-state index contributed by atoms with van der Waals surface area (Å²) in [5.41, 5.74) is 8.26. The van der Waals surface area contributed by atoms with Gasteiger partial charge in [0.2, 0.25) is 5.91 Å². The number of hydrogen-bond acceptors (Lipinski definition) is 5. The first-order chi connectivity index (χ1) is 12.7. The van der Waals surface area contributed by atoms with Crippen LogP contribution in [0.5, 0.6) is 0 Å². The number of thiophene rings is 1. The highest BCUT2D eigenvalue weighted by Crippen LogP contribution is 2.30. The monoisotopic (exact) mass is 373 g/mol. The van der Waals surface area contributed by atoms with Gasteiger partial charge in [-0.1, -0.05) is 30.3 Å². The lowest BCUT2D eigenvalue weighted by molar-refractivity contribution is -0.123.